The van der Waals surface area contributed by atoms with E-state index >= 15 is 0 Å². The van der Waals surface area contributed by atoms with Crippen LogP contribution in [0.15, 0.2) is 0 Å². The highest BCUT2D eigenvalue weighted by atomic mass is 16.4. The van der Waals surface area contributed by atoms with E-state index in [2.05, 4.69) is 0 Å². The van der Waals surface area contributed by atoms with E-state index in [9.17, 15) is 14.4 Å². The molecule has 92 valence electrons. The Morgan fingerprint density at radius 2 is 1.59 bits per heavy atom. The zero-order valence-electron chi connectivity index (χ0n) is 8.66. The number of hydrogen-bond acceptors (Lipinski definition) is 4. The summed E-state index contributed by atoms with van der Waals surface area (Å²) < 4.78 is 0. The van der Waals surface area contributed by atoms with Crippen molar-refractivity contribution in [1.29, 1.82) is 0 Å². The molecule has 3 fully saturated rings. The summed E-state index contributed by atoms with van der Waals surface area (Å²) in [5.41, 5.74) is 3.28. The Balaban J connectivity index is 1.99. The first-order valence-corrected chi connectivity index (χ1v) is 5.27. The lowest BCUT2D eigenvalue weighted by Gasteiger charge is -2.23. The molecule has 2 unspecified atom stereocenters. The van der Waals surface area contributed by atoms with E-state index in [0.29, 0.717) is 0 Å². The molecule has 7 nitrogen and oxygen atoms in total. The Bertz CT molecular complexity index is 475. The minimum absolute atomic E-state index is 0.0632. The van der Waals surface area contributed by atoms with Crippen LogP contribution >= 0.6 is 0 Å². The van der Waals surface area contributed by atoms with Crippen LogP contribution < -0.4 is 5.73 Å². The predicted molar refractivity (Wildman–Crippen MR) is 50.8 cm³/mol. The van der Waals surface area contributed by atoms with Crippen molar-refractivity contribution < 1.29 is 29.7 Å². The van der Waals surface area contributed by atoms with E-state index in [1.165, 1.54) is 0 Å². The maximum absolute atomic E-state index is 11.1. The van der Waals surface area contributed by atoms with E-state index < -0.39 is 52.5 Å². The van der Waals surface area contributed by atoms with Crippen LogP contribution in [0.4, 0.5) is 0 Å². The first-order chi connectivity index (χ1) is 7.79. The van der Waals surface area contributed by atoms with Crippen molar-refractivity contribution in [1.82, 2.24) is 0 Å². The number of aliphatic carboxylic acids is 3. The van der Waals surface area contributed by atoms with Gasteiger partial charge in [-0.05, 0) is 12.3 Å². The van der Waals surface area contributed by atoms with Crippen molar-refractivity contribution in [2.75, 3.05) is 0 Å². The van der Waals surface area contributed by atoms with Crippen molar-refractivity contribution in [3.05, 3.63) is 0 Å². The number of nitrogens with two attached hydrogens (primary N) is 1. The number of hydrogen-bond donors (Lipinski definition) is 4. The fourth-order valence-electron chi connectivity index (χ4n) is 4.27. The highest BCUT2D eigenvalue weighted by molar-refractivity contribution is 5.92. The van der Waals surface area contributed by atoms with E-state index in [1.807, 2.05) is 0 Å². The van der Waals surface area contributed by atoms with Gasteiger partial charge in [0.05, 0.1) is 11.8 Å². The fourth-order valence-corrected chi connectivity index (χ4v) is 4.27. The Morgan fingerprint density at radius 1 is 1.06 bits per heavy atom. The van der Waals surface area contributed by atoms with Gasteiger partial charge >= 0.3 is 17.9 Å². The number of carboxylic acids is 3. The third-order valence-electron chi connectivity index (χ3n) is 4.82. The molecule has 0 aromatic heterocycles. The number of carboxylic acid groups (broad SMARTS) is 3. The van der Waals surface area contributed by atoms with Crippen molar-refractivity contribution >= 4 is 17.9 Å². The Kier molecular flexibility index (Phi) is 1.52. The van der Waals surface area contributed by atoms with Gasteiger partial charge in [0.25, 0.3) is 0 Å². The average Bonchev–Trinajstić information content (AvgIpc) is 3.00. The fraction of sp³-hybridized carbons (Fsp3) is 0.700. The van der Waals surface area contributed by atoms with Crippen molar-refractivity contribution in [2.45, 2.75) is 12.0 Å². The molecule has 7 heteroatoms. The number of rotatable bonds is 3. The summed E-state index contributed by atoms with van der Waals surface area (Å²) in [5, 5.41) is 27.1. The molecule has 3 rings (SSSR count). The van der Waals surface area contributed by atoms with Gasteiger partial charge in [0.1, 0.15) is 5.54 Å². The van der Waals surface area contributed by atoms with Gasteiger partial charge in [-0.1, -0.05) is 0 Å². The Labute approximate surface area is 95.2 Å². The molecule has 0 amide bonds. The molecule has 0 saturated heterocycles. The molecule has 3 aliphatic carbocycles. The van der Waals surface area contributed by atoms with E-state index in [1.54, 1.807) is 0 Å². The molecule has 0 radical (unpaired) electrons. The van der Waals surface area contributed by atoms with Crippen LogP contribution in [0.1, 0.15) is 6.42 Å². The second-order valence-electron chi connectivity index (χ2n) is 5.27. The Hall–Kier alpha value is -1.63. The first kappa shape index (κ1) is 10.5. The average molecular weight is 241 g/mol. The van der Waals surface area contributed by atoms with Crippen molar-refractivity contribution in [3.63, 3.8) is 0 Å². The zero-order chi connectivity index (χ0) is 12.7. The van der Waals surface area contributed by atoms with Gasteiger partial charge in [0.2, 0.25) is 0 Å². The first-order valence-electron chi connectivity index (χ1n) is 5.27. The van der Waals surface area contributed by atoms with Gasteiger partial charge in [-0.2, -0.15) is 0 Å². The quantitative estimate of drug-likeness (QED) is 0.487. The summed E-state index contributed by atoms with van der Waals surface area (Å²) in [4.78, 5) is 33.1. The molecule has 0 aliphatic heterocycles. The molecule has 0 aromatic carbocycles. The third kappa shape index (κ3) is 0.833. The molecular formula is C10H11NO6. The monoisotopic (exact) mass is 241 g/mol. The van der Waals surface area contributed by atoms with E-state index in [4.69, 9.17) is 21.1 Å². The minimum atomic E-state index is -1.57. The van der Waals surface area contributed by atoms with Gasteiger partial charge < -0.3 is 21.1 Å². The smallest absolute Gasteiger partial charge is 0.324 e. The lowest BCUT2D eigenvalue weighted by molar-refractivity contribution is -0.146. The molecule has 3 aliphatic rings. The summed E-state index contributed by atoms with van der Waals surface area (Å²) in [6.07, 6.45) is 0.0632. The Morgan fingerprint density at radius 3 is 2.00 bits per heavy atom. The van der Waals surface area contributed by atoms with Crippen LogP contribution in [0.2, 0.25) is 0 Å². The number of carbonyl (C=O) groups is 3. The molecular weight excluding hydrogens is 230 g/mol. The third-order valence-corrected chi connectivity index (χ3v) is 4.82. The molecule has 0 aromatic rings. The summed E-state index contributed by atoms with van der Waals surface area (Å²) in [6, 6.07) is 0. The molecule has 0 heterocycles. The zero-order valence-corrected chi connectivity index (χ0v) is 8.66. The summed E-state index contributed by atoms with van der Waals surface area (Å²) >= 11 is 0. The SMILES string of the molecule is N[C@@]1(C(=O)O)CC2C(C(=O)O)[C@@]23[C@@H](C(=O)O)[C@@H]31. The van der Waals surface area contributed by atoms with Crippen molar-refractivity contribution in [2.24, 2.45) is 34.8 Å². The largest absolute Gasteiger partial charge is 0.481 e. The molecule has 6 atom stereocenters. The second kappa shape index (κ2) is 2.45. The second-order valence-corrected chi connectivity index (χ2v) is 5.27. The molecule has 1 spiro atoms. The van der Waals surface area contributed by atoms with Crippen LogP contribution in [0.3, 0.4) is 0 Å². The van der Waals surface area contributed by atoms with Crippen LogP contribution in [0.25, 0.3) is 0 Å². The van der Waals surface area contributed by atoms with Gasteiger partial charge in [0, 0.05) is 11.3 Å². The molecule has 3 saturated carbocycles. The van der Waals surface area contributed by atoms with Crippen LogP contribution in [-0.2, 0) is 14.4 Å². The van der Waals surface area contributed by atoms with Gasteiger partial charge in [-0.15, -0.1) is 0 Å². The topological polar surface area (TPSA) is 138 Å². The van der Waals surface area contributed by atoms with Gasteiger partial charge in [0.15, 0.2) is 0 Å². The summed E-state index contributed by atoms with van der Waals surface area (Å²) in [6.45, 7) is 0. The maximum Gasteiger partial charge on any atom is 0.324 e. The standard InChI is InChI=1S/C10H11NO6/c11-9(8(16)17)1-2-3(6(12)13)10(2)4(5(9)10)7(14)15/h2-5H,1,11H2,(H,12,13)(H,14,15)(H,16,17)/t2?,3?,4-,5-,9+,10-/m1/s1. The molecule has 0 bridgehead atoms. The van der Waals surface area contributed by atoms with Crippen LogP contribution in [0, 0.1) is 29.1 Å². The van der Waals surface area contributed by atoms with Crippen LogP contribution in [0.5, 0.6) is 0 Å². The van der Waals surface area contributed by atoms with Gasteiger partial charge in [-0.25, -0.2) is 0 Å². The minimum Gasteiger partial charge on any atom is -0.481 e. The van der Waals surface area contributed by atoms with E-state index in [-0.39, 0.29) is 6.42 Å². The lowest BCUT2D eigenvalue weighted by Crippen LogP contribution is -2.50. The molecule has 17 heavy (non-hydrogen) atoms. The lowest BCUT2D eigenvalue weighted by atomic mass is 9.88. The van der Waals surface area contributed by atoms with Crippen molar-refractivity contribution in [3.8, 4) is 0 Å². The summed E-state index contributed by atoms with van der Waals surface area (Å²) in [5.74, 6) is -6.20. The predicted octanol–water partition coefficient (Wildman–Crippen LogP) is -1.18. The van der Waals surface area contributed by atoms with Gasteiger partial charge in [-0.3, -0.25) is 14.4 Å². The maximum atomic E-state index is 11.1. The highest BCUT2D eigenvalue weighted by Crippen LogP contribution is 2.89. The normalized spacial score (nSPS) is 53.5. The molecule has 5 N–H and O–H groups in total. The summed E-state index contributed by atoms with van der Waals surface area (Å²) in [7, 11) is 0. The van der Waals surface area contributed by atoms with E-state index in [0.717, 1.165) is 0 Å². The van der Waals surface area contributed by atoms with Crippen LogP contribution in [-0.4, -0.2) is 38.8 Å². The highest BCUT2D eigenvalue weighted by Gasteiger charge is 2.97.